The minimum atomic E-state index is -0.0831. The van der Waals surface area contributed by atoms with Crippen molar-refractivity contribution in [3.05, 3.63) is 0 Å². The Morgan fingerprint density at radius 3 is 2.54 bits per heavy atom. The molecule has 0 saturated heterocycles. The van der Waals surface area contributed by atoms with Crippen molar-refractivity contribution in [3.63, 3.8) is 0 Å². The summed E-state index contributed by atoms with van der Waals surface area (Å²) in [5.74, 6) is 0.494. The first-order chi connectivity index (χ1) is 6.10. The van der Waals surface area contributed by atoms with Crippen LogP contribution in [0.2, 0.25) is 0 Å². The van der Waals surface area contributed by atoms with E-state index in [1.807, 2.05) is 6.92 Å². The summed E-state index contributed by atoms with van der Waals surface area (Å²) < 4.78 is 0. The number of hydrogen-bond donors (Lipinski definition) is 2. The molecule has 1 amide bonds. The third-order valence-electron chi connectivity index (χ3n) is 1.63. The van der Waals surface area contributed by atoms with Gasteiger partial charge in [0.05, 0.1) is 18.4 Å². The van der Waals surface area contributed by atoms with Gasteiger partial charge >= 0.3 is 0 Å². The molecule has 4 heteroatoms. The zero-order valence-electron chi connectivity index (χ0n) is 8.54. The Morgan fingerprint density at radius 2 is 2.15 bits per heavy atom. The molecule has 0 saturated carbocycles. The lowest BCUT2D eigenvalue weighted by Gasteiger charge is -2.14. The summed E-state index contributed by atoms with van der Waals surface area (Å²) in [4.78, 5) is 11.2. The molecule has 3 nitrogen and oxygen atoms in total. The van der Waals surface area contributed by atoms with Gasteiger partial charge in [-0.15, -0.1) is 11.8 Å². The van der Waals surface area contributed by atoms with Crippen LogP contribution in [0.3, 0.4) is 0 Å². The zero-order chi connectivity index (χ0) is 10.3. The average molecular weight is 205 g/mol. The maximum atomic E-state index is 11.2. The summed E-state index contributed by atoms with van der Waals surface area (Å²) >= 11 is 1.61. The van der Waals surface area contributed by atoms with Crippen molar-refractivity contribution in [2.24, 2.45) is 0 Å². The molecule has 13 heavy (non-hydrogen) atoms. The van der Waals surface area contributed by atoms with Gasteiger partial charge in [-0.05, 0) is 11.7 Å². The smallest absolute Gasteiger partial charge is 0.230 e. The van der Waals surface area contributed by atoms with Gasteiger partial charge in [0.25, 0.3) is 0 Å². The molecule has 2 N–H and O–H groups in total. The first-order valence-corrected chi connectivity index (χ1v) is 5.66. The molecule has 78 valence electrons. The van der Waals surface area contributed by atoms with E-state index in [9.17, 15) is 4.79 Å². The van der Waals surface area contributed by atoms with Crippen molar-refractivity contribution in [1.29, 1.82) is 0 Å². The molecule has 0 radical (unpaired) electrons. The highest BCUT2D eigenvalue weighted by Gasteiger charge is 2.09. The Hall–Kier alpha value is -0.220. The van der Waals surface area contributed by atoms with Gasteiger partial charge < -0.3 is 10.4 Å². The Morgan fingerprint density at radius 1 is 1.54 bits per heavy atom. The molecule has 0 aliphatic rings. The van der Waals surface area contributed by atoms with Crippen LogP contribution >= 0.6 is 11.8 Å². The Kier molecular flexibility index (Phi) is 7.09. The molecule has 0 bridgehead atoms. The van der Waals surface area contributed by atoms with Gasteiger partial charge in [0.1, 0.15) is 0 Å². The van der Waals surface area contributed by atoms with Gasteiger partial charge in [-0.1, -0.05) is 20.8 Å². The highest BCUT2D eigenvalue weighted by atomic mass is 32.2. The van der Waals surface area contributed by atoms with E-state index in [2.05, 4.69) is 19.2 Å². The number of thioether (sulfide) groups is 1. The first-order valence-electron chi connectivity index (χ1n) is 4.62. The fourth-order valence-corrected chi connectivity index (χ4v) is 1.36. The van der Waals surface area contributed by atoms with E-state index in [-0.39, 0.29) is 18.6 Å². The quantitative estimate of drug-likeness (QED) is 0.680. The van der Waals surface area contributed by atoms with Crippen molar-refractivity contribution in [2.45, 2.75) is 38.5 Å². The highest BCUT2D eigenvalue weighted by molar-refractivity contribution is 8.00. The lowest BCUT2D eigenvalue weighted by molar-refractivity contribution is -0.119. The van der Waals surface area contributed by atoms with Crippen LogP contribution in [0.4, 0.5) is 0 Å². The third kappa shape index (κ3) is 6.90. The summed E-state index contributed by atoms with van der Waals surface area (Å²) in [6.45, 7) is 6.08. The van der Waals surface area contributed by atoms with E-state index in [0.717, 1.165) is 6.42 Å². The minimum absolute atomic E-state index is 0.0135. The summed E-state index contributed by atoms with van der Waals surface area (Å²) in [6.07, 6.45) is 0.772. The summed E-state index contributed by atoms with van der Waals surface area (Å²) in [6, 6.07) is -0.0831. The van der Waals surface area contributed by atoms with Gasteiger partial charge in [-0.3, -0.25) is 4.79 Å². The predicted molar refractivity (Wildman–Crippen MR) is 56.9 cm³/mol. The van der Waals surface area contributed by atoms with Gasteiger partial charge in [0.15, 0.2) is 0 Å². The molecule has 0 unspecified atom stereocenters. The van der Waals surface area contributed by atoms with Crippen LogP contribution in [0.1, 0.15) is 27.2 Å². The van der Waals surface area contributed by atoms with Crippen LogP contribution in [-0.4, -0.2) is 34.7 Å². The van der Waals surface area contributed by atoms with Crippen molar-refractivity contribution in [1.82, 2.24) is 5.32 Å². The van der Waals surface area contributed by atoms with E-state index >= 15 is 0 Å². The zero-order valence-corrected chi connectivity index (χ0v) is 9.36. The molecular formula is C9H19NO2S. The summed E-state index contributed by atoms with van der Waals surface area (Å²) in [5.41, 5.74) is 0. The van der Waals surface area contributed by atoms with Gasteiger partial charge in [-0.25, -0.2) is 0 Å². The van der Waals surface area contributed by atoms with Gasteiger partial charge in [0.2, 0.25) is 5.91 Å². The number of aliphatic hydroxyl groups is 1. The van der Waals surface area contributed by atoms with Crippen molar-refractivity contribution >= 4 is 17.7 Å². The number of amides is 1. The Balaban J connectivity index is 3.60. The fourth-order valence-electron chi connectivity index (χ4n) is 0.788. The number of carbonyl (C=O) groups is 1. The number of aliphatic hydroxyl groups excluding tert-OH is 1. The minimum Gasteiger partial charge on any atom is -0.394 e. The summed E-state index contributed by atoms with van der Waals surface area (Å²) in [7, 11) is 0. The number of carbonyl (C=O) groups excluding carboxylic acids is 1. The number of hydrogen-bond acceptors (Lipinski definition) is 3. The average Bonchev–Trinajstić information content (AvgIpc) is 2.10. The topological polar surface area (TPSA) is 49.3 Å². The Bertz CT molecular complexity index is 147. The van der Waals surface area contributed by atoms with Crippen molar-refractivity contribution < 1.29 is 9.90 Å². The van der Waals surface area contributed by atoms with E-state index in [1.54, 1.807) is 11.8 Å². The van der Waals surface area contributed by atoms with Crippen LogP contribution < -0.4 is 5.32 Å². The summed E-state index contributed by atoms with van der Waals surface area (Å²) in [5, 5.41) is 12.1. The van der Waals surface area contributed by atoms with Crippen LogP contribution in [0, 0.1) is 0 Å². The molecule has 0 fully saturated rings. The molecule has 0 heterocycles. The fraction of sp³-hybridized carbons (Fsp3) is 0.889. The van der Waals surface area contributed by atoms with E-state index in [4.69, 9.17) is 5.11 Å². The molecule has 0 aromatic heterocycles. The Labute approximate surface area is 84.3 Å². The molecular weight excluding hydrogens is 186 g/mol. The normalized spacial score (nSPS) is 13.0. The first kappa shape index (κ1) is 12.8. The maximum absolute atomic E-state index is 11.2. The van der Waals surface area contributed by atoms with Crippen molar-refractivity contribution in [2.75, 3.05) is 12.4 Å². The second kappa shape index (κ2) is 7.21. The highest BCUT2D eigenvalue weighted by Crippen LogP contribution is 2.07. The lowest BCUT2D eigenvalue weighted by Crippen LogP contribution is -2.38. The van der Waals surface area contributed by atoms with Gasteiger partial charge in [-0.2, -0.15) is 0 Å². The second-order valence-electron chi connectivity index (χ2n) is 3.22. The van der Waals surface area contributed by atoms with Crippen LogP contribution in [0.25, 0.3) is 0 Å². The van der Waals surface area contributed by atoms with Crippen molar-refractivity contribution in [3.8, 4) is 0 Å². The lowest BCUT2D eigenvalue weighted by atomic mass is 10.2. The monoisotopic (exact) mass is 205 g/mol. The van der Waals surface area contributed by atoms with Crippen LogP contribution in [-0.2, 0) is 4.79 Å². The third-order valence-corrected chi connectivity index (χ3v) is 2.72. The van der Waals surface area contributed by atoms with Gasteiger partial charge in [0, 0.05) is 0 Å². The molecule has 0 spiro atoms. The molecule has 0 rings (SSSR count). The molecule has 0 aliphatic heterocycles. The van der Waals surface area contributed by atoms with E-state index in [0.29, 0.717) is 11.0 Å². The maximum Gasteiger partial charge on any atom is 0.230 e. The second-order valence-corrected chi connectivity index (χ2v) is 4.78. The van der Waals surface area contributed by atoms with Crippen LogP contribution in [0.5, 0.6) is 0 Å². The molecule has 0 aliphatic carbocycles. The van der Waals surface area contributed by atoms with Crippen LogP contribution in [0.15, 0.2) is 0 Å². The standard InChI is InChI=1S/C9H19NO2S/c1-4-8(5-11)10-9(12)6-13-7(2)3/h7-8,11H,4-6H2,1-3H3,(H,10,12)/t8-/m0/s1. The molecule has 0 aromatic rings. The van der Waals surface area contributed by atoms with E-state index in [1.165, 1.54) is 0 Å². The molecule has 1 atom stereocenters. The SMILES string of the molecule is CC[C@@H](CO)NC(=O)CSC(C)C. The molecule has 0 aromatic carbocycles. The van der Waals surface area contributed by atoms with E-state index < -0.39 is 0 Å². The number of nitrogens with one attached hydrogen (secondary N) is 1. The largest absolute Gasteiger partial charge is 0.394 e. The predicted octanol–water partition coefficient (Wildman–Crippen LogP) is 1.02. The number of rotatable bonds is 6.